The Balaban J connectivity index is 1.35. The number of hydrogen-bond acceptors (Lipinski definition) is 7. The average molecular weight is 451 g/mol. The number of hydrogen-bond donors (Lipinski definition) is 0. The normalized spacial score (nSPS) is 20.2. The molecule has 166 valence electrons. The molecule has 1 amide bonds. The molecule has 0 bridgehead atoms. The fourth-order valence-electron chi connectivity index (χ4n) is 4.76. The van der Waals surface area contributed by atoms with Crippen molar-refractivity contribution in [2.24, 2.45) is 0 Å². The lowest BCUT2D eigenvalue weighted by molar-refractivity contribution is -0.116. The molecule has 2 aliphatic rings. The largest absolute Gasteiger partial charge is 0.497 e. The van der Waals surface area contributed by atoms with Crippen LogP contribution in [0.3, 0.4) is 0 Å². The molecule has 32 heavy (non-hydrogen) atoms. The van der Waals surface area contributed by atoms with Crippen LogP contribution in [0, 0.1) is 6.92 Å². The highest BCUT2D eigenvalue weighted by Gasteiger charge is 2.43. The van der Waals surface area contributed by atoms with Gasteiger partial charge in [0, 0.05) is 24.2 Å². The molecule has 8 nitrogen and oxygen atoms in total. The number of piperidine rings is 1. The van der Waals surface area contributed by atoms with Crippen molar-refractivity contribution < 1.29 is 9.53 Å². The van der Waals surface area contributed by atoms with Gasteiger partial charge in [0.05, 0.1) is 18.6 Å². The molecule has 5 rings (SSSR count). The lowest BCUT2D eigenvalue weighted by Gasteiger charge is -2.36. The molecule has 0 N–H and O–H groups in total. The van der Waals surface area contributed by atoms with E-state index in [1.54, 1.807) is 11.8 Å². The summed E-state index contributed by atoms with van der Waals surface area (Å²) in [5, 5.41) is 12.6. The minimum atomic E-state index is 0.0986. The van der Waals surface area contributed by atoms with E-state index in [1.807, 2.05) is 29.2 Å². The number of nitrogens with zero attached hydrogens (tertiary/aromatic N) is 6. The zero-order chi connectivity index (χ0) is 22.2. The van der Waals surface area contributed by atoms with Gasteiger partial charge in [0.15, 0.2) is 0 Å². The highest BCUT2D eigenvalue weighted by atomic mass is 32.2. The predicted molar refractivity (Wildman–Crippen MR) is 124 cm³/mol. The van der Waals surface area contributed by atoms with Gasteiger partial charge in [0.2, 0.25) is 11.1 Å². The van der Waals surface area contributed by atoms with E-state index in [4.69, 9.17) is 4.74 Å². The van der Waals surface area contributed by atoms with Crippen molar-refractivity contribution in [3.8, 4) is 11.4 Å². The first-order valence-corrected chi connectivity index (χ1v) is 11.7. The van der Waals surface area contributed by atoms with E-state index in [2.05, 4.69) is 52.6 Å². The van der Waals surface area contributed by atoms with Crippen LogP contribution in [0.15, 0.2) is 47.6 Å². The molecule has 0 aliphatic carbocycles. The van der Waals surface area contributed by atoms with Gasteiger partial charge in [-0.1, -0.05) is 29.5 Å². The van der Waals surface area contributed by atoms with Crippen LogP contribution in [0.25, 0.3) is 5.69 Å². The summed E-state index contributed by atoms with van der Waals surface area (Å²) in [5.41, 5.74) is 4.41. The first-order valence-electron chi connectivity index (χ1n) is 10.7. The van der Waals surface area contributed by atoms with E-state index < -0.39 is 0 Å². The number of tetrazole rings is 1. The van der Waals surface area contributed by atoms with Gasteiger partial charge in [0.25, 0.3) is 0 Å². The molecular weight excluding hydrogens is 424 g/mol. The Morgan fingerprint density at radius 3 is 2.81 bits per heavy atom. The van der Waals surface area contributed by atoms with Crippen molar-refractivity contribution in [3.63, 3.8) is 0 Å². The molecule has 2 aliphatic heterocycles. The summed E-state index contributed by atoms with van der Waals surface area (Å²) in [6, 6.07) is 14.2. The lowest BCUT2D eigenvalue weighted by atomic mass is 9.89. The number of amides is 1. The number of carbonyl (C=O) groups excluding carboxylic acids is 1. The molecule has 0 saturated carbocycles. The van der Waals surface area contributed by atoms with Gasteiger partial charge in [-0.2, -0.15) is 4.68 Å². The molecule has 0 radical (unpaired) electrons. The van der Waals surface area contributed by atoms with E-state index in [0.29, 0.717) is 11.1 Å². The minimum absolute atomic E-state index is 0.0986. The highest BCUT2D eigenvalue weighted by molar-refractivity contribution is 7.99. The molecule has 1 aromatic heterocycles. The zero-order valence-electron chi connectivity index (χ0n) is 18.4. The SMILES string of the molecule is COc1ccc(-n2nnnc2SCC(=O)N2c3ccc(C)cc3[C@H]3CN(C)CC[C@@H]32)cc1. The van der Waals surface area contributed by atoms with Gasteiger partial charge >= 0.3 is 0 Å². The van der Waals surface area contributed by atoms with Crippen molar-refractivity contribution in [2.45, 2.75) is 30.5 Å². The fraction of sp³-hybridized carbons (Fsp3) is 0.391. The third-order valence-electron chi connectivity index (χ3n) is 6.30. The van der Waals surface area contributed by atoms with Gasteiger partial charge in [-0.15, -0.1) is 5.10 Å². The second-order valence-corrected chi connectivity index (χ2v) is 9.35. The first kappa shape index (κ1) is 21.0. The molecule has 1 saturated heterocycles. The molecular formula is C23H26N6O2S. The Kier molecular flexibility index (Phi) is 5.60. The maximum atomic E-state index is 13.5. The number of carbonyl (C=O) groups is 1. The van der Waals surface area contributed by atoms with Crippen LogP contribution >= 0.6 is 11.8 Å². The van der Waals surface area contributed by atoms with Crippen LogP contribution in [0.5, 0.6) is 5.75 Å². The van der Waals surface area contributed by atoms with Gasteiger partial charge in [0.1, 0.15) is 5.75 Å². The van der Waals surface area contributed by atoms with Crippen molar-refractivity contribution in [2.75, 3.05) is 37.9 Å². The van der Waals surface area contributed by atoms with Crippen LogP contribution < -0.4 is 9.64 Å². The molecule has 2 aromatic carbocycles. The number of rotatable bonds is 5. The van der Waals surface area contributed by atoms with Crippen LogP contribution in [0.1, 0.15) is 23.5 Å². The van der Waals surface area contributed by atoms with Crippen LogP contribution in [0.4, 0.5) is 5.69 Å². The number of likely N-dealkylation sites (N-methyl/N-ethyl adjacent to an activating group) is 1. The summed E-state index contributed by atoms with van der Waals surface area (Å²) in [6.45, 7) is 4.09. The smallest absolute Gasteiger partial charge is 0.237 e. The number of methoxy groups -OCH3 is 1. The van der Waals surface area contributed by atoms with Gasteiger partial charge in [-0.25, -0.2) is 0 Å². The van der Waals surface area contributed by atoms with E-state index >= 15 is 0 Å². The highest BCUT2D eigenvalue weighted by Crippen LogP contribution is 2.45. The average Bonchev–Trinajstić information content (AvgIpc) is 3.40. The quantitative estimate of drug-likeness (QED) is 0.553. The number of anilines is 1. The van der Waals surface area contributed by atoms with Crippen molar-refractivity contribution in [3.05, 3.63) is 53.6 Å². The molecule has 0 unspecified atom stereocenters. The number of ether oxygens (including phenoxy) is 1. The molecule has 3 aromatic rings. The van der Waals surface area contributed by atoms with Gasteiger partial charge < -0.3 is 14.5 Å². The van der Waals surface area contributed by atoms with E-state index in [0.717, 1.165) is 36.6 Å². The monoisotopic (exact) mass is 450 g/mol. The Hall–Kier alpha value is -2.91. The van der Waals surface area contributed by atoms with Crippen LogP contribution in [-0.2, 0) is 4.79 Å². The Bertz CT molecular complexity index is 1130. The van der Waals surface area contributed by atoms with E-state index in [-0.39, 0.29) is 17.7 Å². The number of likely N-dealkylation sites (tertiary alicyclic amines) is 1. The zero-order valence-corrected chi connectivity index (χ0v) is 19.2. The van der Waals surface area contributed by atoms with Crippen LogP contribution in [0.2, 0.25) is 0 Å². The number of aryl methyl sites for hydroxylation is 1. The Morgan fingerprint density at radius 1 is 1.22 bits per heavy atom. The Morgan fingerprint density at radius 2 is 2.03 bits per heavy atom. The third kappa shape index (κ3) is 3.75. The van der Waals surface area contributed by atoms with Crippen LogP contribution in [-0.4, -0.2) is 70.1 Å². The summed E-state index contributed by atoms with van der Waals surface area (Å²) in [7, 11) is 3.79. The summed E-state index contributed by atoms with van der Waals surface area (Å²) >= 11 is 1.37. The summed E-state index contributed by atoms with van der Waals surface area (Å²) in [5.74, 6) is 1.51. The number of aromatic nitrogens is 4. The molecule has 9 heteroatoms. The predicted octanol–water partition coefficient (Wildman–Crippen LogP) is 2.91. The maximum Gasteiger partial charge on any atom is 0.237 e. The van der Waals surface area contributed by atoms with Gasteiger partial charge in [-0.05, 0) is 73.3 Å². The summed E-state index contributed by atoms with van der Waals surface area (Å²) < 4.78 is 6.87. The van der Waals surface area contributed by atoms with Crippen molar-refractivity contribution in [1.82, 2.24) is 25.1 Å². The van der Waals surface area contributed by atoms with E-state index in [1.165, 1.54) is 22.9 Å². The van der Waals surface area contributed by atoms with Crippen molar-refractivity contribution in [1.29, 1.82) is 0 Å². The minimum Gasteiger partial charge on any atom is -0.497 e. The second kappa shape index (κ2) is 8.55. The fourth-order valence-corrected chi connectivity index (χ4v) is 5.51. The number of benzene rings is 2. The third-order valence-corrected chi connectivity index (χ3v) is 7.21. The topological polar surface area (TPSA) is 76.4 Å². The number of fused-ring (bicyclic) bond motifs is 3. The van der Waals surface area contributed by atoms with Crippen molar-refractivity contribution >= 4 is 23.4 Å². The van der Waals surface area contributed by atoms with E-state index in [9.17, 15) is 4.79 Å². The number of thioether (sulfide) groups is 1. The molecule has 0 spiro atoms. The summed E-state index contributed by atoms with van der Waals surface area (Å²) in [4.78, 5) is 17.8. The summed E-state index contributed by atoms with van der Waals surface area (Å²) in [6.07, 6.45) is 0.981. The van der Waals surface area contributed by atoms with Gasteiger partial charge in [-0.3, -0.25) is 4.79 Å². The maximum absolute atomic E-state index is 13.5. The molecule has 2 atom stereocenters. The molecule has 1 fully saturated rings. The Labute approximate surface area is 191 Å². The standard InChI is InChI=1S/C23H26N6O2S/c1-15-4-9-20-18(12-15)19-13-27(2)11-10-21(19)28(20)22(30)14-32-23-24-25-26-29(23)16-5-7-17(31-3)8-6-16/h4-9,12,19,21H,10-11,13-14H2,1-3H3/t19-,21+/m1/s1. The molecule has 3 heterocycles. The first-order chi connectivity index (χ1) is 15.5. The lowest BCUT2D eigenvalue weighted by Crippen LogP contribution is -2.47. The second-order valence-electron chi connectivity index (χ2n) is 8.41.